The molecule has 1 heterocycles. The number of hydrogen-bond donors (Lipinski definition) is 1. The number of nitrogens with one attached hydrogen (secondary N) is 1. The quantitative estimate of drug-likeness (QED) is 0.744. The summed E-state index contributed by atoms with van der Waals surface area (Å²) in [5.41, 5.74) is 0. The molecule has 1 rings (SSSR count). The second-order valence-corrected chi connectivity index (χ2v) is 6.93. The Morgan fingerprint density at radius 1 is 1.53 bits per heavy atom. The van der Waals surface area contributed by atoms with Crippen molar-refractivity contribution in [2.45, 2.75) is 19.9 Å². The summed E-state index contributed by atoms with van der Waals surface area (Å²) in [6.07, 6.45) is 1.31. The fourth-order valence-corrected chi connectivity index (χ4v) is 3.16. The molecule has 0 radical (unpaired) electrons. The lowest BCUT2D eigenvalue weighted by Gasteiger charge is -2.28. The largest absolute Gasteiger partial charge is 0.315 e. The standard InChI is InChI=1S/C10H22N2O2S/c1-9-6-11-4-5-12(7-9)10(2)8-15(3,13)14/h9-11H,4-8H2,1-3H3. The molecule has 5 heteroatoms. The molecule has 90 valence electrons. The van der Waals surface area contributed by atoms with Gasteiger partial charge in [0.15, 0.2) is 0 Å². The Labute approximate surface area is 93.0 Å². The molecule has 0 aliphatic carbocycles. The van der Waals surface area contributed by atoms with E-state index < -0.39 is 9.84 Å². The van der Waals surface area contributed by atoms with E-state index in [2.05, 4.69) is 17.1 Å². The van der Waals surface area contributed by atoms with Gasteiger partial charge in [-0.05, 0) is 19.4 Å². The zero-order chi connectivity index (χ0) is 11.5. The average molecular weight is 234 g/mol. The molecule has 2 atom stereocenters. The Bertz CT molecular complexity index is 290. The summed E-state index contributed by atoms with van der Waals surface area (Å²) in [6.45, 7) is 8.11. The van der Waals surface area contributed by atoms with Gasteiger partial charge in [-0.25, -0.2) is 8.42 Å². The maximum Gasteiger partial charge on any atom is 0.148 e. The first-order chi connectivity index (χ1) is 6.88. The van der Waals surface area contributed by atoms with Crippen LogP contribution in [-0.4, -0.2) is 57.5 Å². The molecule has 1 N–H and O–H groups in total. The second-order valence-electron chi connectivity index (χ2n) is 4.75. The van der Waals surface area contributed by atoms with Gasteiger partial charge in [-0.15, -0.1) is 0 Å². The van der Waals surface area contributed by atoms with E-state index in [1.54, 1.807) is 0 Å². The SMILES string of the molecule is CC1CNCCN(C(C)CS(C)(=O)=O)C1. The molecule has 2 unspecified atom stereocenters. The van der Waals surface area contributed by atoms with Crippen molar-refractivity contribution in [2.24, 2.45) is 5.92 Å². The van der Waals surface area contributed by atoms with Gasteiger partial charge in [0, 0.05) is 31.9 Å². The van der Waals surface area contributed by atoms with Crippen LogP contribution in [0.5, 0.6) is 0 Å². The van der Waals surface area contributed by atoms with Gasteiger partial charge >= 0.3 is 0 Å². The smallest absolute Gasteiger partial charge is 0.148 e. The molecular weight excluding hydrogens is 212 g/mol. The first-order valence-electron chi connectivity index (χ1n) is 5.51. The fraction of sp³-hybridized carbons (Fsp3) is 1.00. The first kappa shape index (κ1) is 12.9. The second kappa shape index (κ2) is 5.27. The maximum atomic E-state index is 11.2. The van der Waals surface area contributed by atoms with Crippen molar-refractivity contribution in [2.75, 3.05) is 38.2 Å². The van der Waals surface area contributed by atoms with Crippen molar-refractivity contribution in [3.63, 3.8) is 0 Å². The molecule has 15 heavy (non-hydrogen) atoms. The topological polar surface area (TPSA) is 49.4 Å². The van der Waals surface area contributed by atoms with E-state index in [1.807, 2.05) is 6.92 Å². The van der Waals surface area contributed by atoms with Crippen LogP contribution in [0.2, 0.25) is 0 Å². The minimum atomic E-state index is -2.86. The highest BCUT2D eigenvalue weighted by molar-refractivity contribution is 7.90. The third-order valence-corrected chi connectivity index (χ3v) is 3.87. The minimum Gasteiger partial charge on any atom is -0.315 e. The van der Waals surface area contributed by atoms with Crippen molar-refractivity contribution in [3.8, 4) is 0 Å². The summed E-state index contributed by atoms with van der Waals surface area (Å²) in [5.74, 6) is 0.856. The van der Waals surface area contributed by atoms with E-state index in [-0.39, 0.29) is 11.8 Å². The molecule has 1 aliphatic rings. The van der Waals surface area contributed by atoms with Gasteiger partial charge in [0.05, 0.1) is 5.75 Å². The van der Waals surface area contributed by atoms with Crippen molar-refractivity contribution in [3.05, 3.63) is 0 Å². The van der Waals surface area contributed by atoms with Gasteiger partial charge in [0.25, 0.3) is 0 Å². The number of nitrogens with zero attached hydrogens (tertiary/aromatic N) is 1. The Balaban J connectivity index is 2.53. The first-order valence-corrected chi connectivity index (χ1v) is 7.57. The van der Waals surface area contributed by atoms with Crippen LogP contribution in [0.3, 0.4) is 0 Å². The predicted molar refractivity (Wildman–Crippen MR) is 62.8 cm³/mol. The van der Waals surface area contributed by atoms with Crippen LogP contribution in [0, 0.1) is 5.92 Å². The average Bonchev–Trinajstić information content (AvgIpc) is 2.26. The minimum absolute atomic E-state index is 0.127. The molecule has 0 aromatic heterocycles. The highest BCUT2D eigenvalue weighted by Gasteiger charge is 2.21. The van der Waals surface area contributed by atoms with Crippen LogP contribution in [0.1, 0.15) is 13.8 Å². The van der Waals surface area contributed by atoms with E-state index in [9.17, 15) is 8.42 Å². The van der Waals surface area contributed by atoms with Crippen molar-refractivity contribution in [1.82, 2.24) is 10.2 Å². The molecule has 1 fully saturated rings. The van der Waals surface area contributed by atoms with Crippen LogP contribution in [-0.2, 0) is 9.84 Å². The molecule has 1 aliphatic heterocycles. The molecular formula is C10H22N2O2S. The van der Waals surface area contributed by atoms with E-state index in [1.165, 1.54) is 6.26 Å². The highest BCUT2D eigenvalue weighted by Crippen LogP contribution is 2.08. The van der Waals surface area contributed by atoms with Crippen LogP contribution >= 0.6 is 0 Å². The van der Waals surface area contributed by atoms with E-state index in [0.29, 0.717) is 5.92 Å². The molecule has 0 aromatic rings. The molecule has 0 aromatic carbocycles. The van der Waals surface area contributed by atoms with E-state index in [4.69, 9.17) is 0 Å². The van der Waals surface area contributed by atoms with Crippen LogP contribution in [0.4, 0.5) is 0 Å². The Morgan fingerprint density at radius 2 is 2.20 bits per heavy atom. The lowest BCUT2D eigenvalue weighted by Crippen LogP contribution is -2.41. The van der Waals surface area contributed by atoms with Crippen LogP contribution < -0.4 is 5.32 Å². The summed E-state index contributed by atoms with van der Waals surface area (Å²) in [5, 5.41) is 3.35. The van der Waals surface area contributed by atoms with Gasteiger partial charge in [-0.3, -0.25) is 4.90 Å². The van der Waals surface area contributed by atoms with Crippen LogP contribution in [0.25, 0.3) is 0 Å². The Morgan fingerprint density at radius 3 is 2.80 bits per heavy atom. The summed E-state index contributed by atoms with van der Waals surface area (Å²) >= 11 is 0. The Hall–Kier alpha value is -0.130. The molecule has 0 spiro atoms. The molecule has 0 bridgehead atoms. The maximum absolute atomic E-state index is 11.2. The van der Waals surface area contributed by atoms with Crippen molar-refractivity contribution in [1.29, 1.82) is 0 Å². The molecule has 0 saturated carbocycles. The van der Waals surface area contributed by atoms with E-state index in [0.717, 1.165) is 26.2 Å². The zero-order valence-corrected chi connectivity index (χ0v) is 10.7. The fourth-order valence-electron chi connectivity index (χ4n) is 2.07. The van der Waals surface area contributed by atoms with Gasteiger partial charge in [0.2, 0.25) is 0 Å². The lowest BCUT2D eigenvalue weighted by atomic mass is 10.1. The van der Waals surface area contributed by atoms with Gasteiger partial charge < -0.3 is 5.32 Å². The van der Waals surface area contributed by atoms with Gasteiger partial charge in [-0.2, -0.15) is 0 Å². The monoisotopic (exact) mass is 234 g/mol. The van der Waals surface area contributed by atoms with E-state index >= 15 is 0 Å². The zero-order valence-electron chi connectivity index (χ0n) is 9.86. The summed E-state index contributed by atoms with van der Waals surface area (Å²) in [7, 11) is -2.86. The molecule has 0 amide bonds. The molecule has 4 nitrogen and oxygen atoms in total. The van der Waals surface area contributed by atoms with Gasteiger partial charge in [0.1, 0.15) is 9.84 Å². The predicted octanol–water partition coefficient (Wildman–Crippen LogP) is -0.0392. The van der Waals surface area contributed by atoms with Gasteiger partial charge in [-0.1, -0.05) is 6.92 Å². The molecule has 1 saturated heterocycles. The lowest BCUT2D eigenvalue weighted by molar-refractivity contribution is 0.216. The van der Waals surface area contributed by atoms with Crippen molar-refractivity contribution < 1.29 is 8.42 Å². The number of sulfone groups is 1. The highest BCUT2D eigenvalue weighted by atomic mass is 32.2. The summed E-state index contributed by atoms with van der Waals surface area (Å²) in [4.78, 5) is 2.27. The summed E-state index contributed by atoms with van der Waals surface area (Å²) in [6, 6.07) is 0.127. The van der Waals surface area contributed by atoms with Crippen molar-refractivity contribution >= 4 is 9.84 Å². The number of hydrogen-bond acceptors (Lipinski definition) is 4. The summed E-state index contributed by atoms with van der Waals surface area (Å²) < 4.78 is 22.4. The third-order valence-electron chi connectivity index (χ3n) is 2.78. The van der Waals surface area contributed by atoms with Crippen LogP contribution in [0.15, 0.2) is 0 Å². The normalized spacial score (nSPS) is 27.3. The third kappa shape index (κ3) is 4.95. The number of rotatable bonds is 3. The Kier molecular flexibility index (Phi) is 4.55.